The van der Waals surface area contributed by atoms with Crippen molar-refractivity contribution in [1.29, 1.82) is 0 Å². The molecule has 0 unspecified atom stereocenters. The first-order chi connectivity index (χ1) is 10.6. The number of halogens is 1. The number of rotatable bonds is 4. The molecule has 0 saturated carbocycles. The summed E-state index contributed by atoms with van der Waals surface area (Å²) in [5.41, 5.74) is 2.55. The second-order valence-electron chi connectivity index (χ2n) is 5.08. The van der Waals surface area contributed by atoms with Gasteiger partial charge in [0.25, 0.3) is 0 Å². The summed E-state index contributed by atoms with van der Waals surface area (Å²) in [4.78, 5) is 16.4. The molecule has 0 aliphatic heterocycles. The molecule has 0 atom stereocenters. The first-order valence-corrected chi connectivity index (χ1v) is 7.84. The van der Waals surface area contributed by atoms with Crippen molar-refractivity contribution in [2.75, 3.05) is 5.32 Å². The molecule has 0 bridgehead atoms. The average molecular weight is 314 g/mol. The van der Waals surface area contributed by atoms with Crippen molar-refractivity contribution in [3.8, 4) is 0 Å². The maximum Gasteiger partial charge on any atom is 0.226 e. The molecule has 5 heteroatoms. The fourth-order valence-corrected chi connectivity index (χ4v) is 3.23. The number of aryl methyl sites for hydroxylation is 2. The quantitative estimate of drug-likeness (QED) is 0.779. The highest BCUT2D eigenvalue weighted by Gasteiger charge is 2.10. The van der Waals surface area contributed by atoms with Gasteiger partial charge in [-0.3, -0.25) is 4.79 Å². The van der Waals surface area contributed by atoms with Crippen LogP contribution >= 0.6 is 11.3 Å². The van der Waals surface area contributed by atoms with Crippen LogP contribution in [0.1, 0.15) is 17.5 Å². The molecule has 1 heterocycles. The molecule has 3 rings (SSSR count). The molecule has 1 N–H and O–H groups in total. The van der Waals surface area contributed by atoms with E-state index in [1.807, 2.05) is 25.1 Å². The number of thiazole rings is 1. The van der Waals surface area contributed by atoms with Gasteiger partial charge in [-0.1, -0.05) is 41.7 Å². The van der Waals surface area contributed by atoms with Gasteiger partial charge in [0.2, 0.25) is 5.91 Å². The van der Waals surface area contributed by atoms with Crippen molar-refractivity contribution in [1.82, 2.24) is 4.98 Å². The van der Waals surface area contributed by atoms with Gasteiger partial charge in [-0.15, -0.1) is 0 Å². The lowest BCUT2D eigenvalue weighted by molar-refractivity contribution is -0.116. The van der Waals surface area contributed by atoms with Crippen molar-refractivity contribution in [2.45, 2.75) is 19.8 Å². The zero-order valence-corrected chi connectivity index (χ0v) is 12.9. The number of carbonyl (C=O) groups is 1. The van der Waals surface area contributed by atoms with Gasteiger partial charge in [0, 0.05) is 6.42 Å². The van der Waals surface area contributed by atoms with Gasteiger partial charge in [0.05, 0.1) is 10.2 Å². The zero-order valence-electron chi connectivity index (χ0n) is 12.1. The lowest BCUT2D eigenvalue weighted by atomic mass is 10.1. The summed E-state index contributed by atoms with van der Waals surface area (Å²) >= 11 is 1.45. The Balaban J connectivity index is 1.66. The maximum atomic E-state index is 13.5. The third kappa shape index (κ3) is 3.14. The van der Waals surface area contributed by atoms with Gasteiger partial charge in [-0.2, -0.15) is 0 Å². The lowest BCUT2D eigenvalue weighted by Gasteiger charge is -2.03. The Morgan fingerprint density at radius 1 is 1.23 bits per heavy atom. The van der Waals surface area contributed by atoms with Gasteiger partial charge in [0.1, 0.15) is 5.82 Å². The minimum absolute atomic E-state index is 0.153. The second-order valence-corrected chi connectivity index (χ2v) is 6.11. The summed E-state index contributed by atoms with van der Waals surface area (Å²) in [7, 11) is 0. The Kier molecular flexibility index (Phi) is 4.15. The first kappa shape index (κ1) is 14.7. The third-order valence-corrected chi connectivity index (χ3v) is 4.38. The summed E-state index contributed by atoms with van der Waals surface area (Å²) in [6.45, 7) is 1.99. The molecule has 1 amide bonds. The molecule has 112 valence electrons. The van der Waals surface area contributed by atoms with E-state index >= 15 is 0 Å². The van der Waals surface area contributed by atoms with Crippen molar-refractivity contribution < 1.29 is 9.18 Å². The van der Waals surface area contributed by atoms with E-state index in [4.69, 9.17) is 0 Å². The topological polar surface area (TPSA) is 42.0 Å². The van der Waals surface area contributed by atoms with Gasteiger partial charge >= 0.3 is 0 Å². The van der Waals surface area contributed by atoms with Crippen LogP contribution in [-0.4, -0.2) is 10.9 Å². The van der Waals surface area contributed by atoms with Crippen LogP contribution in [0.5, 0.6) is 0 Å². The molecular formula is C17H15FN2OS. The van der Waals surface area contributed by atoms with E-state index < -0.39 is 0 Å². The number of hydrogen-bond acceptors (Lipinski definition) is 3. The predicted octanol–water partition coefficient (Wildman–Crippen LogP) is 4.32. The van der Waals surface area contributed by atoms with Crippen LogP contribution in [0.4, 0.5) is 9.52 Å². The van der Waals surface area contributed by atoms with Crippen molar-refractivity contribution in [2.24, 2.45) is 0 Å². The number of fused-ring (bicyclic) bond motifs is 1. The Labute approximate surface area is 131 Å². The molecule has 2 aromatic carbocycles. The molecule has 0 fully saturated rings. The molecule has 3 nitrogen and oxygen atoms in total. The third-order valence-electron chi connectivity index (χ3n) is 3.45. The van der Waals surface area contributed by atoms with E-state index in [0.29, 0.717) is 17.1 Å². The van der Waals surface area contributed by atoms with Gasteiger partial charge in [-0.25, -0.2) is 9.37 Å². The van der Waals surface area contributed by atoms with Crippen LogP contribution in [0, 0.1) is 12.7 Å². The number of para-hydroxylation sites is 1. The number of anilines is 1. The number of aromatic nitrogens is 1. The number of amides is 1. The standard InChI is InChI=1S/C17H15FN2OS/c1-11-5-4-8-14-16(11)20-17(22-14)19-15(21)10-9-12-6-2-3-7-13(12)18/h2-8H,9-10H2,1H3,(H,19,20,21). The molecular weight excluding hydrogens is 299 g/mol. The SMILES string of the molecule is Cc1cccc2sc(NC(=O)CCc3ccccc3F)nc12. The number of nitrogens with one attached hydrogen (secondary N) is 1. The largest absolute Gasteiger partial charge is 0.302 e. The van der Waals surface area contributed by atoms with Crippen LogP contribution in [0.2, 0.25) is 0 Å². The molecule has 0 aliphatic carbocycles. The smallest absolute Gasteiger partial charge is 0.226 e. The molecule has 22 heavy (non-hydrogen) atoms. The molecule has 1 aromatic heterocycles. The highest BCUT2D eigenvalue weighted by molar-refractivity contribution is 7.22. The number of benzene rings is 2. The van der Waals surface area contributed by atoms with E-state index in [1.165, 1.54) is 17.4 Å². The minimum Gasteiger partial charge on any atom is -0.302 e. The Morgan fingerprint density at radius 3 is 2.82 bits per heavy atom. The van der Waals surface area contributed by atoms with E-state index in [9.17, 15) is 9.18 Å². The summed E-state index contributed by atoms with van der Waals surface area (Å²) in [5.74, 6) is -0.425. The fraction of sp³-hybridized carbons (Fsp3) is 0.176. The fourth-order valence-electron chi connectivity index (χ4n) is 2.27. The van der Waals surface area contributed by atoms with Crippen LogP contribution in [0.25, 0.3) is 10.2 Å². The van der Waals surface area contributed by atoms with Crippen molar-refractivity contribution >= 4 is 32.6 Å². The molecule has 3 aromatic rings. The van der Waals surface area contributed by atoms with E-state index in [0.717, 1.165) is 15.8 Å². The van der Waals surface area contributed by atoms with Crippen LogP contribution in [0.3, 0.4) is 0 Å². The van der Waals surface area contributed by atoms with Gasteiger partial charge < -0.3 is 5.32 Å². The van der Waals surface area contributed by atoms with Gasteiger partial charge in [0.15, 0.2) is 5.13 Å². The molecule has 0 aliphatic rings. The highest BCUT2D eigenvalue weighted by atomic mass is 32.1. The Hall–Kier alpha value is -2.27. The molecule has 0 spiro atoms. The molecule has 0 saturated heterocycles. The number of carbonyl (C=O) groups excluding carboxylic acids is 1. The normalized spacial score (nSPS) is 10.8. The second kappa shape index (κ2) is 6.23. The van der Waals surface area contributed by atoms with E-state index in [1.54, 1.807) is 18.2 Å². The maximum absolute atomic E-state index is 13.5. The number of nitrogens with zero attached hydrogens (tertiary/aromatic N) is 1. The average Bonchev–Trinajstić information content (AvgIpc) is 2.90. The van der Waals surface area contributed by atoms with Crippen molar-refractivity contribution in [3.05, 3.63) is 59.4 Å². The number of hydrogen-bond donors (Lipinski definition) is 1. The minimum atomic E-state index is -0.272. The summed E-state index contributed by atoms with van der Waals surface area (Å²) in [6.07, 6.45) is 0.609. The summed E-state index contributed by atoms with van der Waals surface area (Å²) in [6, 6.07) is 12.5. The van der Waals surface area contributed by atoms with Crippen LogP contribution in [-0.2, 0) is 11.2 Å². The van der Waals surface area contributed by atoms with E-state index in [-0.39, 0.29) is 18.1 Å². The Morgan fingerprint density at radius 2 is 2.05 bits per heavy atom. The van der Waals surface area contributed by atoms with Gasteiger partial charge in [-0.05, 0) is 36.6 Å². The summed E-state index contributed by atoms with van der Waals surface area (Å²) in [5, 5.41) is 3.38. The predicted molar refractivity (Wildman–Crippen MR) is 87.7 cm³/mol. The van der Waals surface area contributed by atoms with Crippen molar-refractivity contribution in [3.63, 3.8) is 0 Å². The Bertz CT molecular complexity index is 828. The molecule has 0 radical (unpaired) electrons. The van der Waals surface area contributed by atoms with Crippen LogP contribution in [0.15, 0.2) is 42.5 Å². The lowest BCUT2D eigenvalue weighted by Crippen LogP contribution is -2.12. The zero-order chi connectivity index (χ0) is 15.5. The highest BCUT2D eigenvalue weighted by Crippen LogP contribution is 2.27. The van der Waals surface area contributed by atoms with Crippen LogP contribution < -0.4 is 5.32 Å². The first-order valence-electron chi connectivity index (χ1n) is 7.03. The summed E-state index contributed by atoms with van der Waals surface area (Å²) < 4.78 is 14.6. The van der Waals surface area contributed by atoms with E-state index in [2.05, 4.69) is 10.3 Å². The monoisotopic (exact) mass is 314 g/mol.